The van der Waals surface area contributed by atoms with E-state index in [0.717, 1.165) is 51.7 Å². The lowest BCUT2D eigenvalue weighted by atomic mass is 9.45. The average molecular weight is 344 g/mol. The van der Waals surface area contributed by atoms with Crippen molar-refractivity contribution in [2.45, 2.75) is 65.7 Å². The third-order valence-corrected chi connectivity index (χ3v) is 8.35. The van der Waals surface area contributed by atoms with Crippen LogP contribution in [0.1, 0.15) is 65.7 Å². The lowest BCUT2D eigenvalue weighted by molar-refractivity contribution is -0.133. The van der Waals surface area contributed by atoms with Gasteiger partial charge in [0.05, 0.1) is 6.61 Å². The van der Waals surface area contributed by atoms with Crippen molar-refractivity contribution in [3.05, 3.63) is 11.6 Å². The molecule has 0 aliphatic heterocycles. The third kappa shape index (κ3) is 2.49. The maximum Gasteiger partial charge on any atom is 0.155 e. The summed E-state index contributed by atoms with van der Waals surface area (Å²) in [6.45, 7) is 8.13. The topological polar surface area (TPSA) is 43.4 Å². The van der Waals surface area contributed by atoms with Crippen molar-refractivity contribution in [2.75, 3.05) is 13.2 Å². The van der Waals surface area contributed by atoms with E-state index in [1.807, 2.05) is 13.0 Å². The molecule has 6 atom stereocenters. The molecule has 0 heterocycles. The highest BCUT2D eigenvalue weighted by Gasteiger charge is 2.60. The van der Waals surface area contributed by atoms with Crippen LogP contribution in [0.5, 0.6) is 0 Å². The van der Waals surface area contributed by atoms with Gasteiger partial charge >= 0.3 is 0 Å². The molecular formula is C22H32O3. The van der Waals surface area contributed by atoms with Crippen LogP contribution < -0.4 is 0 Å². The summed E-state index contributed by atoms with van der Waals surface area (Å²) in [4.78, 5) is 24.7. The molecule has 0 radical (unpaired) electrons. The second-order valence-corrected chi connectivity index (χ2v) is 9.37. The molecule has 0 bridgehead atoms. The molecule has 0 spiro atoms. The Bertz CT molecular complexity index is 621. The van der Waals surface area contributed by atoms with Gasteiger partial charge in [-0.15, -0.1) is 0 Å². The van der Waals surface area contributed by atoms with Gasteiger partial charge < -0.3 is 4.74 Å². The van der Waals surface area contributed by atoms with Crippen LogP contribution in [-0.4, -0.2) is 24.8 Å². The van der Waals surface area contributed by atoms with E-state index in [1.165, 1.54) is 5.57 Å². The number of Topliss-reactive ketones (excluding diaryl/α,β-unsaturated/α-hetero) is 1. The van der Waals surface area contributed by atoms with Gasteiger partial charge in [0, 0.05) is 30.8 Å². The zero-order valence-electron chi connectivity index (χ0n) is 16.0. The summed E-state index contributed by atoms with van der Waals surface area (Å²) < 4.78 is 5.82. The van der Waals surface area contributed by atoms with Gasteiger partial charge in [-0.25, -0.2) is 0 Å². The number of carbonyl (C=O) groups is 2. The molecule has 0 amide bonds. The highest BCUT2D eigenvalue weighted by Crippen LogP contribution is 2.65. The van der Waals surface area contributed by atoms with E-state index >= 15 is 0 Å². The summed E-state index contributed by atoms with van der Waals surface area (Å²) in [6, 6.07) is 0. The summed E-state index contributed by atoms with van der Waals surface area (Å²) in [5.74, 6) is 2.94. The molecule has 138 valence electrons. The standard InChI is InChI=1S/C22H32O3/c1-4-25-13-14-11-16-17-5-6-20(24)22(17,3)10-8-18(16)21(2)9-7-15(23)12-19(14)21/h12,14,16-18H,4-11,13H2,1-3H3/t14?,16-,17-,18-,21+,22-/m0/s1. The van der Waals surface area contributed by atoms with Crippen LogP contribution in [0.2, 0.25) is 0 Å². The minimum absolute atomic E-state index is 0.0839. The van der Waals surface area contributed by atoms with Gasteiger partial charge in [-0.3, -0.25) is 9.59 Å². The van der Waals surface area contributed by atoms with Gasteiger partial charge in [-0.05, 0) is 68.3 Å². The van der Waals surface area contributed by atoms with Gasteiger partial charge in [0.15, 0.2) is 5.78 Å². The zero-order valence-corrected chi connectivity index (χ0v) is 16.0. The Kier molecular flexibility index (Phi) is 4.22. The van der Waals surface area contributed by atoms with E-state index in [0.29, 0.717) is 41.7 Å². The normalized spacial score (nSPS) is 46.3. The Morgan fingerprint density at radius 1 is 1.08 bits per heavy atom. The Morgan fingerprint density at radius 2 is 1.84 bits per heavy atom. The van der Waals surface area contributed by atoms with Crippen molar-refractivity contribution in [2.24, 2.45) is 34.5 Å². The number of hydrogen-bond donors (Lipinski definition) is 0. The Balaban J connectivity index is 1.71. The highest BCUT2D eigenvalue weighted by atomic mass is 16.5. The molecule has 0 aromatic carbocycles. The van der Waals surface area contributed by atoms with Gasteiger partial charge in [-0.2, -0.15) is 0 Å². The molecule has 0 aromatic heterocycles. The summed E-state index contributed by atoms with van der Waals surface area (Å²) in [7, 11) is 0. The number of fused-ring (bicyclic) bond motifs is 5. The number of rotatable bonds is 3. The predicted octanol–water partition coefficient (Wildman–Crippen LogP) is 4.35. The van der Waals surface area contributed by atoms with Crippen molar-refractivity contribution in [3.8, 4) is 0 Å². The number of ketones is 2. The van der Waals surface area contributed by atoms with E-state index in [9.17, 15) is 9.59 Å². The molecule has 1 unspecified atom stereocenters. The van der Waals surface area contributed by atoms with Crippen molar-refractivity contribution < 1.29 is 14.3 Å². The molecule has 0 aromatic rings. The van der Waals surface area contributed by atoms with E-state index in [1.54, 1.807) is 0 Å². The van der Waals surface area contributed by atoms with Crippen LogP contribution in [0.15, 0.2) is 11.6 Å². The minimum atomic E-state index is -0.0839. The van der Waals surface area contributed by atoms with Crippen LogP contribution >= 0.6 is 0 Å². The summed E-state index contributed by atoms with van der Waals surface area (Å²) in [5.41, 5.74) is 1.41. The van der Waals surface area contributed by atoms with E-state index in [4.69, 9.17) is 4.74 Å². The molecule has 3 fully saturated rings. The molecule has 3 saturated carbocycles. The Labute approximate surface area is 151 Å². The summed E-state index contributed by atoms with van der Waals surface area (Å²) in [5, 5.41) is 0. The van der Waals surface area contributed by atoms with Crippen LogP contribution in [0.25, 0.3) is 0 Å². The average Bonchev–Trinajstić information content (AvgIpc) is 2.89. The fourth-order valence-corrected chi connectivity index (χ4v) is 6.97. The van der Waals surface area contributed by atoms with Crippen LogP contribution in [0, 0.1) is 34.5 Å². The summed E-state index contributed by atoms with van der Waals surface area (Å²) >= 11 is 0. The monoisotopic (exact) mass is 344 g/mol. The second-order valence-electron chi connectivity index (χ2n) is 9.37. The lowest BCUT2D eigenvalue weighted by Crippen LogP contribution is -2.53. The summed E-state index contributed by atoms with van der Waals surface area (Å²) in [6.07, 6.45) is 8.79. The maximum absolute atomic E-state index is 12.6. The molecule has 3 nitrogen and oxygen atoms in total. The van der Waals surface area contributed by atoms with Crippen molar-refractivity contribution in [1.29, 1.82) is 0 Å². The molecule has 3 heteroatoms. The van der Waals surface area contributed by atoms with E-state index < -0.39 is 0 Å². The minimum Gasteiger partial charge on any atom is -0.381 e. The van der Waals surface area contributed by atoms with Gasteiger partial charge in [0.1, 0.15) is 5.78 Å². The fourth-order valence-electron chi connectivity index (χ4n) is 6.97. The number of carbonyl (C=O) groups excluding carboxylic acids is 2. The van der Waals surface area contributed by atoms with Crippen LogP contribution in [-0.2, 0) is 14.3 Å². The van der Waals surface area contributed by atoms with Crippen molar-refractivity contribution >= 4 is 11.6 Å². The lowest BCUT2D eigenvalue weighted by Gasteiger charge is -2.58. The van der Waals surface area contributed by atoms with E-state index in [2.05, 4.69) is 13.8 Å². The van der Waals surface area contributed by atoms with Crippen molar-refractivity contribution in [3.63, 3.8) is 0 Å². The molecule has 0 saturated heterocycles. The first-order valence-electron chi connectivity index (χ1n) is 10.3. The Morgan fingerprint density at radius 3 is 2.60 bits per heavy atom. The van der Waals surface area contributed by atoms with Gasteiger partial charge in [0.25, 0.3) is 0 Å². The Hall–Kier alpha value is -0.960. The first-order chi connectivity index (χ1) is 11.9. The zero-order chi connectivity index (χ0) is 17.8. The van der Waals surface area contributed by atoms with E-state index in [-0.39, 0.29) is 10.8 Å². The van der Waals surface area contributed by atoms with Gasteiger partial charge in [-0.1, -0.05) is 19.4 Å². The maximum atomic E-state index is 12.6. The molecular weight excluding hydrogens is 312 g/mol. The molecule has 4 rings (SSSR count). The van der Waals surface area contributed by atoms with Crippen LogP contribution in [0.4, 0.5) is 0 Å². The SMILES string of the molecule is CCOCC1C[C@@H]2[C@H](CC[C@]3(C)C(=O)CC[C@@H]23)[C@@]2(C)CCC(=O)C=C12. The second kappa shape index (κ2) is 6.04. The quantitative estimate of drug-likeness (QED) is 0.764. The number of hydrogen-bond acceptors (Lipinski definition) is 3. The highest BCUT2D eigenvalue weighted by molar-refractivity contribution is 5.92. The van der Waals surface area contributed by atoms with Crippen molar-refractivity contribution in [1.82, 2.24) is 0 Å². The molecule has 25 heavy (non-hydrogen) atoms. The molecule has 4 aliphatic carbocycles. The smallest absolute Gasteiger partial charge is 0.155 e. The third-order valence-electron chi connectivity index (χ3n) is 8.35. The molecule has 0 N–H and O–H groups in total. The fraction of sp³-hybridized carbons (Fsp3) is 0.818. The largest absolute Gasteiger partial charge is 0.381 e. The van der Waals surface area contributed by atoms with Crippen LogP contribution in [0.3, 0.4) is 0 Å². The first kappa shape index (κ1) is 17.5. The van der Waals surface area contributed by atoms with Gasteiger partial charge in [0.2, 0.25) is 0 Å². The predicted molar refractivity (Wildman–Crippen MR) is 97.1 cm³/mol. The molecule has 4 aliphatic rings. The first-order valence-corrected chi connectivity index (χ1v) is 10.3. The number of ether oxygens (including phenoxy) is 1.